The molecule has 2 atom stereocenters. The Morgan fingerprint density at radius 2 is 1.19 bits per heavy atom. The molecule has 0 amide bonds. The molecule has 37 heavy (non-hydrogen) atoms. The fourth-order valence-corrected chi connectivity index (χ4v) is 11.4. The van der Waals surface area contributed by atoms with E-state index >= 15 is 4.57 Å². The smallest absolute Gasteiger partial charge is 0.211 e. The monoisotopic (exact) mass is 534 g/mol. The minimum absolute atomic E-state index is 0.0585. The van der Waals surface area contributed by atoms with E-state index in [1.807, 2.05) is 24.9 Å². The summed E-state index contributed by atoms with van der Waals surface area (Å²) in [5.74, 6) is 0. The van der Waals surface area contributed by atoms with Crippen molar-refractivity contribution in [1.82, 2.24) is 4.67 Å². The van der Waals surface area contributed by atoms with Gasteiger partial charge in [0.15, 0.2) is 0 Å². The van der Waals surface area contributed by atoms with E-state index < -0.39 is 14.4 Å². The highest BCUT2D eigenvalue weighted by Crippen LogP contribution is 2.61. The molecular weight excluding hydrogens is 494 g/mol. The number of nitrogens with zero attached hydrogens (tertiary/aromatic N) is 2. The van der Waals surface area contributed by atoms with E-state index in [4.69, 9.17) is 0 Å². The zero-order valence-electron chi connectivity index (χ0n) is 23.7. The largest absolute Gasteiger partial charge is 0.314 e. The van der Waals surface area contributed by atoms with Crippen LogP contribution in [-0.2, 0) is 20.0 Å². The number of hydrogen-bond acceptors (Lipinski definition) is 3. The number of fused-ring (bicyclic) bond motifs is 4. The molecule has 3 aromatic rings. The topological polar surface area (TPSA) is 40.6 Å². The van der Waals surface area contributed by atoms with Gasteiger partial charge in [-0.25, -0.2) is 4.67 Å². The number of anilines is 3. The van der Waals surface area contributed by atoms with Gasteiger partial charge in [0, 0.05) is 23.7 Å². The van der Waals surface area contributed by atoms with E-state index in [1.54, 1.807) is 0 Å². The Morgan fingerprint density at radius 1 is 0.703 bits per heavy atom. The summed E-state index contributed by atoms with van der Waals surface area (Å²) in [6, 6.07) is 18.9. The second kappa shape index (κ2) is 8.44. The van der Waals surface area contributed by atoms with Gasteiger partial charge in [0.2, 0.25) is 7.29 Å². The van der Waals surface area contributed by atoms with Gasteiger partial charge < -0.3 is 9.46 Å². The fraction of sp³-hybridized carbons (Fsp3) is 0.419. The molecule has 6 heteroatoms. The Balaban J connectivity index is 1.93. The summed E-state index contributed by atoms with van der Waals surface area (Å²) in [6.45, 7) is 20.5. The van der Waals surface area contributed by atoms with E-state index in [9.17, 15) is 4.57 Å². The summed E-state index contributed by atoms with van der Waals surface area (Å²) in [7, 11) is -6.12. The van der Waals surface area contributed by atoms with Crippen LogP contribution in [0.3, 0.4) is 0 Å². The van der Waals surface area contributed by atoms with E-state index in [-0.39, 0.29) is 10.8 Å². The van der Waals surface area contributed by atoms with Crippen LogP contribution in [0.25, 0.3) is 0 Å². The number of para-hydroxylation sites is 1. The Bertz CT molecular complexity index is 1510. The number of hydrogen-bond donors (Lipinski definition) is 0. The molecule has 0 saturated heterocycles. The summed E-state index contributed by atoms with van der Waals surface area (Å²) < 4.78 is 32.3. The van der Waals surface area contributed by atoms with Gasteiger partial charge in [0.05, 0.1) is 27.7 Å². The molecule has 0 fully saturated rings. The fourth-order valence-electron chi connectivity index (χ4n) is 5.84. The molecule has 0 aliphatic carbocycles. The van der Waals surface area contributed by atoms with Gasteiger partial charge in [-0.15, -0.1) is 0 Å². The maximum Gasteiger partial charge on any atom is 0.211 e. The van der Waals surface area contributed by atoms with E-state index in [0.717, 1.165) is 38.3 Å². The SMILES string of the molecule is CCN(CC)P1(=O)c2cc(C(C)(C)C)ccc2N2c3ccc(C(C)(C)C)cc3P(C)(=O)c3cccc1c32. The lowest BCUT2D eigenvalue weighted by Crippen LogP contribution is -2.46. The van der Waals surface area contributed by atoms with Crippen molar-refractivity contribution in [3.05, 3.63) is 65.7 Å². The molecule has 0 aromatic heterocycles. The second-order valence-electron chi connectivity index (χ2n) is 12.5. The molecule has 3 aromatic carbocycles. The van der Waals surface area contributed by atoms with Gasteiger partial charge in [-0.2, -0.15) is 0 Å². The molecule has 0 saturated carbocycles. The molecule has 2 heterocycles. The Hall–Kier alpha value is -2.12. The Labute approximate surface area is 222 Å². The van der Waals surface area contributed by atoms with E-state index in [1.165, 1.54) is 11.1 Å². The van der Waals surface area contributed by atoms with Crippen LogP contribution < -0.4 is 26.1 Å². The van der Waals surface area contributed by atoms with Crippen molar-refractivity contribution >= 4 is 52.7 Å². The van der Waals surface area contributed by atoms with Crippen LogP contribution in [0.4, 0.5) is 17.1 Å². The lowest BCUT2D eigenvalue weighted by atomic mass is 9.86. The van der Waals surface area contributed by atoms with E-state index in [0.29, 0.717) is 13.1 Å². The quantitative estimate of drug-likeness (QED) is 0.343. The zero-order chi connectivity index (χ0) is 27.1. The van der Waals surface area contributed by atoms with Gasteiger partial charge in [0.1, 0.15) is 7.14 Å². The first-order valence-corrected chi connectivity index (χ1v) is 17.2. The molecule has 2 aliphatic heterocycles. The molecule has 4 nitrogen and oxygen atoms in total. The van der Waals surface area contributed by atoms with Crippen LogP contribution in [0, 0.1) is 0 Å². The van der Waals surface area contributed by atoms with Crippen LogP contribution >= 0.6 is 14.4 Å². The molecule has 2 aliphatic rings. The molecule has 5 rings (SSSR count). The van der Waals surface area contributed by atoms with Crippen molar-refractivity contribution < 1.29 is 9.13 Å². The van der Waals surface area contributed by atoms with Crippen LogP contribution in [0.15, 0.2) is 54.6 Å². The summed E-state index contributed by atoms with van der Waals surface area (Å²) in [6.07, 6.45) is 0. The predicted octanol–water partition coefficient (Wildman–Crippen LogP) is 6.89. The summed E-state index contributed by atoms with van der Waals surface area (Å²) in [5.41, 5.74) is 4.93. The van der Waals surface area contributed by atoms with Gasteiger partial charge in [-0.1, -0.05) is 73.6 Å². The van der Waals surface area contributed by atoms with Crippen LogP contribution in [0.2, 0.25) is 0 Å². The van der Waals surface area contributed by atoms with Crippen molar-refractivity contribution in [1.29, 1.82) is 0 Å². The Kier molecular flexibility index (Phi) is 6.04. The lowest BCUT2D eigenvalue weighted by Gasteiger charge is -2.46. The highest BCUT2D eigenvalue weighted by molar-refractivity contribution is 7.80. The molecule has 196 valence electrons. The Morgan fingerprint density at radius 3 is 1.70 bits per heavy atom. The average molecular weight is 535 g/mol. The van der Waals surface area contributed by atoms with Gasteiger partial charge >= 0.3 is 0 Å². The van der Waals surface area contributed by atoms with Crippen molar-refractivity contribution in [2.45, 2.75) is 66.2 Å². The first-order chi connectivity index (χ1) is 17.2. The van der Waals surface area contributed by atoms with Crippen LogP contribution in [0.5, 0.6) is 0 Å². The molecule has 0 spiro atoms. The third-order valence-electron chi connectivity index (χ3n) is 8.08. The first-order valence-electron chi connectivity index (χ1n) is 13.3. The zero-order valence-corrected chi connectivity index (χ0v) is 25.5. The van der Waals surface area contributed by atoms with Gasteiger partial charge in [-0.3, -0.25) is 4.57 Å². The van der Waals surface area contributed by atoms with Crippen molar-refractivity contribution in [2.75, 3.05) is 24.7 Å². The van der Waals surface area contributed by atoms with Crippen LogP contribution in [-0.4, -0.2) is 24.4 Å². The number of benzene rings is 3. The van der Waals surface area contributed by atoms with Gasteiger partial charge in [0.25, 0.3) is 0 Å². The highest BCUT2D eigenvalue weighted by atomic mass is 31.2. The summed E-state index contributed by atoms with van der Waals surface area (Å²) >= 11 is 0. The van der Waals surface area contributed by atoms with Crippen LogP contribution in [0.1, 0.15) is 66.5 Å². The summed E-state index contributed by atoms with van der Waals surface area (Å²) in [4.78, 5) is 2.24. The molecular formula is C31H40N2O2P2. The minimum Gasteiger partial charge on any atom is -0.314 e. The van der Waals surface area contributed by atoms with Crippen molar-refractivity contribution in [2.24, 2.45) is 0 Å². The molecule has 0 bridgehead atoms. The minimum atomic E-state index is -3.18. The maximum atomic E-state index is 15.5. The van der Waals surface area contributed by atoms with Gasteiger partial charge in [-0.05, 0) is 65.0 Å². The molecule has 0 N–H and O–H groups in total. The predicted molar refractivity (Wildman–Crippen MR) is 161 cm³/mol. The molecule has 2 unspecified atom stereocenters. The lowest BCUT2D eigenvalue weighted by molar-refractivity contribution is 0.458. The van der Waals surface area contributed by atoms with Crippen molar-refractivity contribution in [3.8, 4) is 0 Å². The summed E-state index contributed by atoms with van der Waals surface area (Å²) in [5, 5.41) is 3.38. The molecule has 0 radical (unpaired) electrons. The number of rotatable bonds is 3. The standard InChI is InChI=1S/C31H40N2O2P2/c1-10-32(11-2)37(35)26-14-12-13-25-29(26)33(24-18-16-22(20-28(24)37)31(6,7)8)23-17-15-21(30(3,4)5)19-27(23)36(25,9)34/h12-20H,10-11H2,1-9H3. The first kappa shape index (κ1) is 26.5. The van der Waals surface area contributed by atoms with Crippen molar-refractivity contribution in [3.63, 3.8) is 0 Å². The average Bonchev–Trinajstić information content (AvgIpc) is 2.83. The third kappa shape index (κ3) is 3.75. The highest BCUT2D eigenvalue weighted by Gasteiger charge is 2.49. The normalized spacial score (nSPS) is 22.5. The third-order valence-corrected chi connectivity index (χ3v) is 14.0. The maximum absolute atomic E-state index is 15.5. The second-order valence-corrected chi connectivity index (χ2v) is 18.0. The van der Waals surface area contributed by atoms with E-state index in [2.05, 4.69) is 101 Å².